The third kappa shape index (κ3) is 5.24. The number of anilines is 2. The van der Waals surface area contributed by atoms with Crippen molar-refractivity contribution in [2.24, 2.45) is 0 Å². The summed E-state index contributed by atoms with van der Waals surface area (Å²) in [4.78, 5) is 23.1. The number of aryl methyl sites for hydroxylation is 2. The van der Waals surface area contributed by atoms with E-state index in [1.165, 1.54) is 0 Å². The molecule has 1 aromatic heterocycles. The predicted molar refractivity (Wildman–Crippen MR) is 102 cm³/mol. The van der Waals surface area contributed by atoms with Gasteiger partial charge in [0.25, 0.3) is 5.91 Å². The number of hydrogen-bond donors (Lipinski definition) is 2. The normalized spacial score (nSPS) is 14.8. The van der Waals surface area contributed by atoms with E-state index < -0.39 is 0 Å². The standard InChI is InChI=1S/C19H25N5O2/c1-14-9-15(2)11-17(10-14)23-18(25)16-12-21-19(22-13-16)20-3-4-24-5-7-26-8-6-24/h9-13H,3-8H2,1-2H3,(H,23,25)(H,20,21,22). The summed E-state index contributed by atoms with van der Waals surface area (Å²) < 4.78 is 5.33. The molecule has 0 radical (unpaired) electrons. The lowest BCUT2D eigenvalue weighted by atomic mass is 10.1. The molecule has 1 aromatic carbocycles. The molecule has 0 aliphatic carbocycles. The van der Waals surface area contributed by atoms with Crippen LogP contribution in [-0.4, -0.2) is 60.2 Å². The number of carbonyl (C=O) groups excluding carboxylic acids is 1. The van der Waals surface area contributed by atoms with Crippen molar-refractivity contribution in [1.29, 1.82) is 0 Å². The zero-order valence-corrected chi connectivity index (χ0v) is 15.3. The molecule has 0 spiro atoms. The highest BCUT2D eigenvalue weighted by Gasteiger charge is 2.11. The number of nitrogens with one attached hydrogen (secondary N) is 2. The smallest absolute Gasteiger partial charge is 0.258 e. The van der Waals surface area contributed by atoms with Crippen LogP contribution in [0.25, 0.3) is 0 Å². The lowest BCUT2D eigenvalue weighted by Crippen LogP contribution is -2.39. The first-order valence-electron chi connectivity index (χ1n) is 8.86. The first-order chi connectivity index (χ1) is 12.6. The first kappa shape index (κ1) is 18.3. The second kappa shape index (κ2) is 8.73. The number of hydrogen-bond acceptors (Lipinski definition) is 6. The molecule has 26 heavy (non-hydrogen) atoms. The van der Waals surface area contributed by atoms with Crippen molar-refractivity contribution in [3.63, 3.8) is 0 Å². The van der Waals surface area contributed by atoms with Gasteiger partial charge in [-0.2, -0.15) is 0 Å². The van der Waals surface area contributed by atoms with Crippen LogP contribution in [0.1, 0.15) is 21.5 Å². The van der Waals surface area contributed by atoms with Gasteiger partial charge in [0, 0.05) is 44.3 Å². The molecule has 1 aliphatic rings. The van der Waals surface area contributed by atoms with Crippen LogP contribution in [0.15, 0.2) is 30.6 Å². The van der Waals surface area contributed by atoms with Crippen molar-refractivity contribution in [2.75, 3.05) is 50.0 Å². The largest absolute Gasteiger partial charge is 0.379 e. The molecule has 2 N–H and O–H groups in total. The second-order valence-electron chi connectivity index (χ2n) is 6.51. The molecule has 2 heterocycles. The maximum atomic E-state index is 12.3. The minimum atomic E-state index is -0.213. The van der Waals surface area contributed by atoms with Gasteiger partial charge in [-0.05, 0) is 37.1 Å². The van der Waals surface area contributed by atoms with E-state index >= 15 is 0 Å². The fraction of sp³-hybridized carbons (Fsp3) is 0.421. The van der Waals surface area contributed by atoms with Crippen molar-refractivity contribution >= 4 is 17.5 Å². The molecule has 2 aromatic rings. The van der Waals surface area contributed by atoms with Gasteiger partial charge in [0.1, 0.15) is 0 Å². The SMILES string of the molecule is Cc1cc(C)cc(NC(=O)c2cnc(NCCN3CCOCC3)nc2)c1. The lowest BCUT2D eigenvalue weighted by Gasteiger charge is -2.26. The zero-order valence-electron chi connectivity index (χ0n) is 15.3. The highest BCUT2D eigenvalue weighted by molar-refractivity contribution is 6.04. The van der Waals surface area contributed by atoms with Crippen molar-refractivity contribution in [2.45, 2.75) is 13.8 Å². The Morgan fingerprint density at radius 3 is 2.42 bits per heavy atom. The van der Waals surface area contributed by atoms with Crippen LogP contribution in [-0.2, 0) is 4.74 Å². The van der Waals surface area contributed by atoms with Gasteiger partial charge in [0.05, 0.1) is 18.8 Å². The van der Waals surface area contributed by atoms with E-state index in [2.05, 4.69) is 31.6 Å². The maximum Gasteiger partial charge on any atom is 0.258 e. The first-order valence-corrected chi connectivity index (χ1v) is 8.86. The van der Waals surface area contributed by atoms with Gasteiger partial charge in [-0.3, -0.25) is 9.69 Å². The number of ether oxygens (including phenoxy) is 1. The topological polar surface area (TPSA) is 79.4 Å². The molecule has 0 saturated carbocycles. The van der Waals surface area contributed by atoms with Crippen LogP contribution in [0.3, 0.4) is 0 Å². The van der Waals surface area contributed by atoms with Crippen molar-refractivity contribution < 1.29 is 9.53 Å². The van der Waals surface area contributed by atoms with Crippen molar-refractivity contribution in [3.05, 3.63) is 47.3 Å². The Labute approximate surface area is 153 Å². The zero-order chi connectivity index (χ0) is 18.4. The second-order valence-corrected chi connectivity index (χ2v) is 6.51. The monoisotopic (exact) mass is 355 g/mol. The third-order valence-corrected chi connectivity index (χ3v) is 4.21. The molecule has 7 nitrogen and oxygen atoms in total. The lowest BCUT2D eigenvalue weighted by molar-refractivity contribution is 0.0398. The Kier molecular flexibility index (Phi) is 6.14. The van der Waals surface area contributed by atoms with Crippen LogP contribution < -0.4 is 10.6 Å². The average molecular weight is 355 g/mol. The summed E-state index contributed by atoms with van der Waals surface area (Å²) >= 11 is 0. The molecule has 1 fully saturated rings. The van der Waals surface area contributed by atoms with Crippen molar-refractivity contribution in [3.8, 4) is 0 Å². The van der Waals surface area contributed by atoms with Crippen LogP contribution in [0.5, 0.6) is 0 Å². The summed E-state index contributed by atoms with van der Waals surface area (Å²) in [7, 11) is 0. The molecule has 1 aliphatic heterocycles. The van der Waals surface area contributed by atoms with E-state index in [-0.39, 0.29) is 5.91 Å². The fourth-order valence-electron chi connectivity index (χ4n) is 2.94. The number of benzene rings is 1. The predicted octanol–water partition coefficient (Wildman–Crippen LogP) is 2.09. The van der Waals surface area contributed by atoms with E-state index in [4.69, 9.17) is 4.74 Å². The highest BCUT2D eigenvalue weighted by atomic mass is 16.5. The molecular weight excluding hydrogens is 330 g/mol. The summed E-state index contributed by atoms with van der Waals surface area (Å²) in [6.45, 7) is 9.18. The van der Waals surface area contributed by atoms with E-state index in [0.717, 1.165) is 56.2 Å². The number of amides is 1. The maximum absolute atomic E-state index is 12.3. The molecule has 0 atom stereocenters. The minimum Gasteiger partial charge on any atom is -0.379 e. The molecule has 3 rings (SSSR count). The summed E-state index contributed by atoms with van der Waals surface area (Å²) in [5, 5.41) is 6.07. The van der Waals surface area contributed by atoms with Crippen LogP contribution in [0.2, 0.25) is 0 Å². The summed E-state index contributed by atoms with van der Waals surface area (Å²) in [6.07, 6.45) is 3.09. The Morgan fingerprint density at radius 1 is 1.12 bits per heavy atom. The van der Waals surface area contributed by atoms with Gasteiger partial charge in [-0.1, -0.05) is 6.07 Å². The van der Waals surface area contributed by atoms with Gasteiger partial charge in [0.2, 0.25) is 5.95 Å². The molecule has 7 heteroatoms. The Balaban J connectivity index is 1.50. The molecule has 1 saturated heterocycles. The van der Waals surface area contributed by atoms with E-state index in [1.807, 2.05) is 26.0 Å². The van der Waals surface area contributed by atoms with Gasteiger partial charge in [-0.15, -0.1) is 0 Å². The molecule has 0 unspecified atom stereocenters. The quantitative estimate of drug-likeness (QED) is 0.826. The van der Waals surface area contributed by atoms with Gasteiger partial charge < -0.3 is 15.4 Å². The van der Waals surface area contributed by atoms with Crippen LogP contribution in [0.4, 0.5) is 11.6 Å². The Bertz CT molecular complexity index is 722. The van der Waals surface area contributed by atoms with E-state index in [9.17, 15) is 4.79 Å². The average Bonchev–Trinajstić information content (AvgIpc) is 2.62. The van der Waals surface area contributed by atoms with Crippen molar-refractivity contribution in [1.82, 2.24) is 14.9 Å². The number of nitrogens with zero attached hydrogens (tertiary/aromatic N) is 3. The Hall–Kier alpha value is -2.51. The molecule has 138 valence electrons. The van der Waals surface area contributed by atoms with E-state index in [0.29, 0.717) is 11.5 Å². The Morgan fingerprint density at radius 2 is 1.77 bits per heavy atom. The number of carbonyl (C=O) groups is 1. The van der Waals surface area contributed by atoms with Gasteiger partial charge >= 0.3 is 0 Å². The number of morpholine rings is 1. The minimum absolute atomic E-state index is 0.213. The number of aromatic nitrogens is 2. The molecular formula is C19H25N5O2. The third-order valence-electron chi connectivity index (χ3n) is 4.21. The summed E-state index contributed by atoms with van der Waals surface area (Å²) in [5.41, 5.74) is 3.43. The summed E-state index contributed by atoms with van der Waals surface area (Å²) in [6, 6.07) is 5.94. The van der Waals surface area contributed by atoms with E-state index in [1.54, 1.807) is 12.4 Å². The van der Waals surface area contributed by atoms with Crippen LogP contribution >= 0.6 is 0 Å². The molecule has 1 amide bonds. The summed E-state index contributed by atoms with van der Waals surface area (Å²) in [5.74, 6) is 0.316. The van der Waals surface area contributed by atoms with Crippen LogP contribution in [0, 0.1) is 13.8 Å². The van der Waals surface area contributed by atoms with Gasteiger partial charge in [0.15, 0.2) is 0 Å². The number of rotatable bonds is 6. The van der Waals surface area contributed by atoms with Gasteiger partial charge in [-0.25, -0.2) is 9.97 Å². The molecule has 0 bridgehead atoms. The fourth-order valence-corrected chi connectivity index (χ4v) is 2.94. The highest BCUT2D eigenvalue weighted by Crippen LogP contribution is 2.15.